The Morgan fingerprint density at radius 1 is 0.225 bits per heavy atom. The van der Waals surface area contributed by atoms with Crippen molar-refractivity contribution in [3.63, 3.8) is 0 Å². The molecule has 0 N–H and O–H groups in total. The van der Waals surface area contributed by atoms with Crippen LogP contribution in [-0.2, 0) is 0 Å². The molecule has 0 aliphatic rings. The van der Waals surface area contributed by atoms with Crippen LogP contribution in [-0.4, -0.2) is 0 Å². The molecule has 2 heteroatoms. The third-order valence-electron chi connectivity index (χ3n) is 7.25. The number of benzene rings is 6. The van der Waals surface area contributed by atoms with E-state index in [9.17, 15) is 0 Å². The quantitative estimate of drug-likeness (QED) is 0.157. The van der Waals surface area contributed by atoms with Crippen LogP contribution >= 0.6 is 14.5 Å². The molecule has 0 fully saturated rings. The average Bonchev–Trinajstić information content (AvgIpc) is 3.06. The lowest BCUT2D eigenvalue weighted by Crippen LogP contribution is -2.32. The van der Waals surface area contributed by atoms with Gasteiger partial charge in [-0.2, -0.15) is 0 Å². The fourth-order valence-corrected chi connectivity index (χ4v) is 12.8. The van der Waals surface area contributed by atoms with Crippen LogP contribution in [0.3, 0.4) is 0 Å². The molecule has 0 atom stereocenters. The van der Waals surface area contributed by atoms with Crippen molar-refractivity contribution in [2.24, 2.45) is 0 Å². The zero-order valence-corrected chi connectivity index (χ0v) is 24.0. The first-order valence-electron chi connectivity index (χ1n) is 13.5. The minimum absolute atomic E-state index is 1.27. The molecule has 0 aliphatic carbocycles. The summed E-state index contributed by atoms with van der Waals surface area (Å²) in [5.74, 6) is 0. The molecule has 0 heterocycles. The molecule has 0 unspecified atom stereocenters. The van der Waals surface area contributed by atoms with E-state index in [0.717, 1.165) is 0 Å². The summed E-state index contributed by atoms with van der Waals surface area (Å²) in [5.41, 5.74) is 8.26. The molecule has 0 spiro atoms. The van der Waals surface area contributed by atoms with E-state index < -0.39 is 14.5 Å². The lowest BCUT2D eigenvalue weighted by molar-refractivity contribution is 1.72. The minimum Gasteiger partial charge on any atom is -0.0620 e. The first-order chi connectivity index (χ1) is 19.8. The van der Waals surface area contributed by atoms with E-state index in [2.05, 4.69) is 193 Å². The van der Waals surface area contributed by atoms with Crippen molar-refractivity contribution < 1.29 is 0 Å². The summed E-state index contributed by atoms with van der Waals surface area (Å²) in [6.45, 7) is 0. The summed E-state index contributed by atoms with van der Waals surface area (Å²) in [6.07, 6.45) is 0. The Balaban J connectivity index is 1.75. The standard InChI is InChI=1S/C38H30P2/c1-7-19-33(20-8-1)39(34-21-9-2-10-22-34,35-23-11-3-12-24-35)31-32-40(36-25-13-4-14-26-36,37-27-15-5-16-28-37)38-29-17-6-18-30-38/h1-30H/q+2. The topological polar surface area (TPSA) is 0 Å². The Morgan fingerprint density at radius 2 is 0.375 bits per heavy atom. The molecule has 0 radical (unpaired) electrons. The second-order valence-corrected chi connectivity index (χ2v) is 15.8. The van der Waals surface area contributed by atoms with Crippen LogP contribution in [0.4, 0.5) is 0 Å². The summed E-state index contributed by atoms with van der Waals surface area (Å²) >= 11 is 0. The first kappa shape index (κ1) is 26.0. The molecule has 6 aromatic carbocycles. The van der Waals surface area contributed by atoms with Gasteiger partial charge >= 0.3 is 0 Å². The van der Waals surface area contributed by atoms with Crippen LogP contribution in [0.15, 0.2) is 182 Å². The Hall–Kier alpha value is -4.26. The van der Waals surface area contributed by atoms with Crippen LogP contribution in [0.25, 0.3) is 0 Å². The molecule has 0 saturated carbocycles. The lowest BCUT2D eigenvalue weighted by Gasteiger charge is -2.23. The van der Waals surface area contributed by atoms with Gasteiger partial charge in [0.1, 0.15) is 43.2 Å². The zero-order valence-electron chi connectivity index (χ0n) is 22.2. The molecule has 0 amide bonds. The van der Waals surface area contributed by atoms with Gasteiger partial charge in [0.05, 0.1) is 0 Å². The summed E-state index contributed by atoms with van der Waals surface area (Å²) in [6, 6.07) is 65.4. The maximum absolute atomic E-state index is 4.13. The summed E-state index contributed by atoms with van der Waals surface area (Å²) < 4.78 is 0. The number of hydrogen-bond donors (Lipinski definition) is 0. The normalized spacial score (nSPS) is 11.3. The van der Waals surface area contributed by atoms with Gasteiger partial charge in [0, 0.05) is 0 Å². The molecule has 40 heavy (non-hydrogen) atoms. The minimum atomic E-state index is -2.34. The maximum atomic E-state index is 4.13. The molecule has 0 bridgehead atoms. The highest BCUT2D eigenvalue weighted by Gasteiger charge is 2.50. The summed E-state index contributed by atoms with van der Waals surface area (Å²) in [4.78, 5) is 0. The van der Waals surface area contributed by atoms with E-state index in [1.807, 2.05) is 0 Å². The third-order valence-corrected chi connectivity index (χ3v) is 14.8. The van der Waals surface area contributed by atoms with Crippen molar-refractivity contribution in [2.45, 2.75) is 0 Å². The molecule has 6 aromatic rings. The number of rotatable bonds is 6. The third kappa shape index (κ3) is 4.81. The van der Waals surface area contributed by atoms with Crippen molar-refractivity contribution in [1.82, 2.24) is 0 Å². The van der Waals surface area contributed by atoms with Gasteiger partial charge in [0.15, 0.2) is 14.5 Å². The van der Waals surface area contributed by atoms with Crippen LogP contribution in [0, 0.1) is 11.3 Å². The largest absolute Gasteiger partial charge is 0.193 e. The van der Waals surface area contributed by atoms with Gasteiger partial charge in [-0.25, -0.2) is 0 Å². The molecule has 0 aliphatic heterocycles. The predicted molar refractivity (Wildman–Crippen MR) is 178 cm³/mol. The van der Waals surface area contributed by atoms with Gasteiger partial charge < -0.3 is 0 Å². The van der Waals surface area contributed by atoms with E-state index in [4.69, 9.17) is 0 Å². The van der Waals surface area contributed by atoms with Crippen LogP contribution in [0.1, 0.15) is 0 Å². The monoisotopic (exact) mass is 548 g/mol. The van der Waals surface area contributed by atoms with Crippen molar-refractivity contribution in [2.75, 3.05) is 0 Å². The SMILES string of the molecule is C(#C[P+](c1ccccc1)(c1ccccc1)c1ccccc1)[P+](c1ccccc1)(c1ccccc1)c1ccccc1. The summed E-state index contributed by atoms with van der Waals surface area (Å²) in [5, 5.41) is 7.62. The van der Waals surface area contributed by atoms with Gasteiger partial charge in [0.2, 0.25) is 0 Å². The molecular formula is C38H30P2+2. The highest BCUT2D eigenvalue weighted by Crippen LogP contribution is 2.59. The van der Waals surface area contributed by atoms with Gasteiger partial charge in [-0.1, -0.05) is 109 Å². The van der Waals surface area contributed by atoms with Crippen molar-refractivity contribution >= 4 is 46.4 Å². The summed E-state index contributed by atoms with van der Waals surface area (Å²) in [7, 11) is -4.69. The van der Waals surface area contributed by atoms with Crippen LogP contribution in [0.2, 0.25) is 0 Å². The molecular weight excluding hydrogens is 518 g/mol. The lowest BCUT2D eigenvalue weighted by atomic mass is 10.4. The molecule has 0 saturated heterocycles. The zero-order chi connectivity index (χ0) is 27.1. The van der Waals surface area contributed by atoms with Gasteiger partial charge in [-0.05, 0) is 72.8 Å². The van der Waals surface area contributed by atoms with Gasteiger partial charge in [-0.3, -0.25) is 0 Å². The first-order valence-corrected chi connectivity index (χ1v) is 17.1. The Labute approximate surface area is 239 Å². The fraction of sp³-hybridized carbons (Fsp3) is 0. The second-order valence-electron chi connectivity index (χ2n) is 9.58. The molecule has 190 valence electrons. The Bertz CT molecular complexity index is 1380. The second kappa shape index (κ2) is 11.9. The highest BCUT2D eigenvalue weighted by molar-refractivity contribution is 8.02. The van der Waals surface area contributed by atoms with Crippen molar-refractivity contribution in [3.8, 4) is 11.3 Å². The van der Waals surface area contributed by atoms with E-state index >= 15 is 0 Å². The average molecular weight is 549 g/mol. The van der Waals surface area contributed by atoms with Crippen LogP contribution < -0.4 is 31.8 Å². The van der Waals surface area contributed by atoms with E-state index in [0.29, 0.717) is 0 Å². The van der Waals surface area contributed by atoms with Gasteiger partial charge in [-0.15, -0.1) is 0 Å². The molecule has 0 aromatic heterocycles. The van der Waals surface area contributed by atoms with E-state index in [1.54, 1.807) is 0 Å². The molecule has 6 rings (SSSR count). The predicted octanol–water partition coefficient (Wildman–Crippen LogP) is 6.89. The van der Waals surface area contributed by atoms with Crippen LogP contribution in [0.5, 0.6) is 0 Å². The number of hydrogen-bond acceptors (Lipinski definition) is 0. The molecule has 0 nitrogen and oxygen atoms in total. The highest BCUT2D eigenvalue weighted by atomic mass is 31.2. The van der Waals surface area contributed by atoms with E-state index in [1.165, 1.54) is 31.8 Å². The Kier molecular flexibility index (Phi) is 7.71. The fourth-order valence-electron chi connectivity index (χ4n) is 5.34. The smallest absolute Gasteiger partial charge is 0.0620 e. The van der Waals surface area contributed by atoms with Crippen molar-refractivity contribution in [3.05, 3.63) is 182 Å². The Morgan fingerprint density at radius 3 is 0.525 bits per heavy atom. The van der Waals surface area contributed by atoms with Gasteiger partial charge in [0.25, 0.3) is 0 Å². The van der Waals surface area contributed by atoms with Crippen molar-refractivity contribution in [1.29, 1.82) is 0 Å². The maximum Gasteiger partial charge on any atom is 0.193 e. The van der Waals surface area contributed by atoms with E-state index in [-0.39, 0.29) is 0 Å².